The molecule has 0 fully saturated rings. The Bertz CT molecular complexity index is 263. The van der Waals surface area contributed by atoms with Crippen molar-refractivity contribution in [2.24, 2.45) is 0 Å². The van der Waals surface area contributed by atoms with Crippen molar-refractivity contribution in [2.45, 2.75) is 45.8 Å². The highest BCUT2D eigenvalue weighted by atomic mass is 16.3. The Morgan fingerprint density at radius 2 is 1.60 bits per heavy atom. The maximum Gasteiger partial charge on any atom is 0.177 e. The van der Waals surface area contributed by atoms with E-state index in [-0.39, 0.29) is 18.1 Å². The van der Waals surface area contributed by atoms with Gasteiger partial charge in [0, 0.05) is 0 Å². The Hall–Kier alpha value is -0.740. The number of carbonyl (C=O) groups is 2. The number of rotatable bonds is 5. The summed E-state index contributed by atoms with van der Waals surface area (Å²) in [5.74, 6) is -0.298. The fraction of sp³-hybridized carbons (Fsp3) is 0.818. The van der Waals surface area contributed by atoms with E-state index in [9.17, 15) is 14.7 Å². The van der Waals surface area contributed by atoms with Crippen molar-refractivity contribution < 1.29 is 14.7 Å². The summed E-state index contributed by atoms with van der Waals surface area (Å²) in [6.07, 6.45) is 0. The molecular formula is C11H21NO3. The zero-order valence-electron chi connectivity index (χ0n) is 10.4. The Kier molecular flexibility index (Phi) is 4.19. The van der Waals surface area contributed by atoms with Crippen LogP contribution < -0.4 is 0 Å². The molecule has 0 spiro atoms. The van der Waals surface area contributed by atoms with E-state index in [1.807, 2.05) is 0 Å². The first-order valence-electron chi connectivity index (χ1n) is 4.97. The molecule has 0 aromatic heterocycles. The largest absolute Gasteiger partial charge is 0.383 e. The second-order valence-electron chi connectivity index (χ2n) is 4.95. The van der Waals surface area contributed by atoms with Gasteiger partial charge in [0.1, 0.15) is 11.4 Å². The first-order valence-corrected chi connectivity index (χ1v) is 4.97. The molecular weight excluding hydrogens is 194 g/mol. The summed E-state index contributed by atoms with van der Waals surface area (Å²) in [6, 6.07) is 0. The van der Waals surface area contributed by atoms with E-state index in [1.165, 1.54) is 20.8 Å². The highest BCUT2D eigenvalue weighted by Gasteiger charge is 2.33. The van der Waals surface area contributed by atoms with Crippen LogP contribution in [0.4, 0.5) is 0 Å². The third-order valence-corrected chi connectivity index (χ3v) is 2.88. The molecule has 0 atom stereocenters. The average molecular weight is 215 g/mol. The molecule has 0 amide bonds. The van der Waals surface area contributed by atoms with E-state index in [2.05, 4.69) is 0 Å². The summed E-state index contributed by atoms with van der Waals surface area (Å²) >= 11 is 0. The molecule has 0 rings (SSSR count). The number of carbonyl (C=O) groups excluding carboxylic acids is 2. The van der Waals surface area contributed by atoms with E-state index in [4.69, 9.17) is 0 Å². The fourth-order valence-corrected chi connectivity index (χ4v) is 0.875. The molecule has 0 radical (unpaired) electrons. The molecule has 0 aliphatic carbocycles. The molecule has 4 heteroatoms. The first-order chi connectivity index (χ1) is 6.49. The quantitative estimate of drug-likeness (QED) is 0.730. The van der Waals surface area contributed by atoms with Gasteiger partial charge in [0.2, 0.25) is 0 Å². The van der Waals surface area contributed by atoms with E-state index in [1.54, 1.807) is 25.8 Å². The van der Waals surface area contributed by atoms with Crippen molar-refractivity contribution in [3.05, 3.63) is 0 Å². The van der Waals surface area contributed by atoms with E-state index in [0.717, 1.165) is 0 Å². The molecule has 15 heavy (non-hydrogen) atoms. The van der Waals surface area contributed by atoms with Gasteiger partial charge >= 0.3 is 0 Å². The van der Waals surface area contributed by atoms with Crippen molar-refractivity contribution in [1.82, 2.24) is 4.90 Å². The lowest BCUT2D eigenvalue weighted by Crippen LogP contribution is -2.51. The molecule has 0 bridgehead atoms. The minimum absolute atomic E-state index is 0.00598. The third kappa shape index (κ3) is 3.72. The average Bonchev–Trinajstić information content (AvgIpc) is 2.01. The molecule has 0 saturated carbocycles. The van der Waals surface area contributed by atoms with Gasteiger partial charge in [-0.3, -0.25) is 14.5 Å². The second kappa shape index (κ2) is 4.41. The normalized spacial score (nSPS) is 13.1. The maximum absolute atomic E-state index is 11.5. The van der Waals surface area contributed by atoms with Crippen LogP contribution in [0.1, 0.15) is 34.6 Å². The molecule has 0 aliphatic rings. The van der Waals surface area contributed by atoms with Crippen LogP contribution in [0.2, 0.25) is 0 Å². The van der Waals surface area contributed by atoms with Crippen LogP contribution in [0.25, 0.3) is 0 Å². The Morgan fingerprint density at radius 3 is 1.87 bits per heavy atom. The lowest BCUT2D eigenvalue weighted by molar-refractivity contribution is -0.138. The van der Waals surface area contributed by atoms with Crippen molar-refractivity contribution in [1.29, 1.82) is 0 Å². The van der Waals surface area contributed by atoms with Gasteiger partial charge in [-0.15, -0.1) is 0 Å². The van der Waals surface area contributed by atoms with Crippen LogP contribution in [0.3, 0.4) is 0 Å². The van der Waals surface area contributed by atoms with Gasteiger partial charge in [0.15, 0.2) is 5.78 Å². The number of Topliss-reactive ketones (excluding diaryl/α,β-unsaturated/α-hetero) is 2. The molecule has 0 heterocycles. The van der Waals surface area contributed by atoms with Crippen LogP contribution >= 0.6 is 0 Å². The van der Waals surface area contributed by atoms with Crippen LogP contribution in [-0.2, 0) is 9.59 Å². The van der Waals surface area contributed by atoms with Crippen molar-refractivity contribution in [3.8, 4) is 0 Å². The lowest BCUT2D eigenvalue weighted by atomic mass is 9.96. The number of nitrogens with zero attached hydrogens (tertiary/aromatic N) is 1. The smallest absolute Gasteiger partial charge is 0.177 e. The van der Waals surface area contributed by atoms with Crippen LogP contribution in [0, 0.1) is 0 Å². The lowest BCUT2D eigenvalue weighted by Gasteiger charge is -2.33. The van der Waals surface area contributed by atoms with Crippen LogP contribution in [-0.4, -0.2) is 46.3 Å². The van der Waals surface area contributed by atoms with E-state index >= 15 is 0 Å². The second-order valence-corrected chi connectivity index (χ2v) is 4.95. The summed E-state index contributed by atoms with van der Waals surface area (Å²) in [5, 5.41) is 9.48. The summed E-state index contributed by atoms with van der Waals surface area (Å²) in [5.41, 5.74) is -2.03. The zero-order valence-corrected chi connectivity index (χ0v) is 10.4. The minimum Gasteiger partial charge on any atom is -0.383 e. The molecule has 88 valence electrons. The molecule has 0 aliphatic heterocycles. The van der Waals surface area contributed by atoms with Crippen LogP contribution in [0.5, 0.6) is 0 Å². The standard InChI is InChI=1S/C11H21NO3/c1-8(13)10(2,3)12(6)7-9(14)11(4,5)15/h15H,7H2,1-6H3. The number of hydrogen-bond donors (Lipinski definition) is 1. The topological polar surface area (TPSA) is 57.6 Å². The van der Waals surface area contributed by atoms with Gasteiger partial charge in [-0.2, -0.15) is 0 Å². The fourth-order valence-electron chi connectivity index (χ4n) is 0.875. The number of aliphatic hydroxyl groups is 1. The predicted molar refractivity (Wildman–Crippen MR) is 58.7 cm³/mol. The van der Waals surface area contributed by atoms with Gasteiger partial charge in [-0.05, 0) is 41.7 Å². The predicted octanol–water partition coefficient (Wildman–Crippen LogP) is 0.626. The van der Waals surface area contributed by atoms with Gasteiger partial charge in [-0.1, -0.05) is 0 Å². The Morgan fingerprint density at radius 1 is 1.20 bits per heavy atom. The Labute approximate surface area is 91.3 Å². The highest BCUT2D eigenvalue weighted by molar-refractivity contribution is 5.90. The van der Waals surface area contributed by atoms with Gasteiger partial charge in [-0.25, -0.2) is 0 Å². The minimum atomic E-state index is -1.35. The maximum atomic E-state index is 11.5. The molecule has 0 unspecified atom stereocenters. The molecule has 4 nitrogen and oxygen atoms in total. The van der Waals surface area contributed by atoms with E-state index < -0.39 is 11.1 Å². The summed E-state index contributed by atoms with van der Waals surface area (Å²) in [7, 11) is 1.70. The van der Waals surface area contributed by atoms with E-state index in [0.29, 0.717) is 0 Å². The SMILES string of the molecule is CC(=O)C(C)(C)N(C)CC(=O)C(C)(C)O. The van der Waals surface area contributed by atoms with Gasteiger partial charge < -0.3 is 5.11 Å². The number of likely N-dealkylation sites (N-methyl/N-ethyl adjacent to an activating group) is 1. The number of ketones is 2. The Balaban J connectivity index is 4.58. The zero-order chi connectivity index (χ0) is 12.4. The summed E-state index contributed by atoms with van der Waals surface area (Å²) < 4.78 is 0. The van der Waals surface area contributed by atoms with Crippen LogP contribution in [0.15, 0.2) is 0 Å². The third-order valence-electron chi connectivity index (χ3n) is 2.88. The van der Waals surface area contributed by atoms with Crippen molar-refractivity contribution in [3.63, 3.8) is 0 Å². The monoisotopic (exact) mass is 215 g/mol. The highest BCUT2D eigenvalue weighted by Crippen LogP contribution is 2.15. The first kappa shape index (κ1) is 14.3. The molecule has 0 saturated heterocycles. The van der Waals surface area contributed by atoms with Crippen molar-refractivity contribution >= 4 is 11.6 Å². The van der Waals surface area contributed by atoms with Gasteiger partial charge in [0.25, 0.3) is 0 Å². The molecule has 1 N–H and O–H groups in total. The van der Waals surface area contributed by atoms with Gasteiger partial charge in [0.05, 0.1) is 12.1 Å². The molecule has 0 aromatic rings. The van der Waals surface area contributed by atoms with Crippen molar-refractivity contribution in [2.75, 3.05) is 13.6 Å². The summed E-state index contributed by atoms with van der Waals surface area (Å²) in [4.78, 5) is 24.5. The molecule has 0 aromatic carbocycles. The number of hydrogen-bond acceptors (Lipinski definition) is 4. The summed E-state index contributed by atoms with van der Waals surface area (Å²) in [6.45, 7) is 7.97.